The average Bonchev–Trinajstić information content (AvgIpc) is 3.31. The molecular weight excluding hydrogens is 438 g/mol. The van der Waals surface area contributed by atoms with E-state index in [1.165, 1.54) is 0 Å². The Morgan fingerprint density at radius 2 is 1.64 bits per heavy atom. The number of carbonyl (C=O) groups is 1. The third-order valence-electron chi connectivity index (χ3n) is 6.33. The van der Waals surface area contributed by atoms with Gasteiger partial charge >= 0.3 is 0 Å². The number of carbonyl (C=O) groups excluding carboxylic acids is 1. The molecule has 0 spiro atoms. The molecule has 3 aromatic rings. The molecule has 2 aliphatic rings. The first kappa shape index (κ1) is 21.7. The van der Waals surface area contributed by atoms with Crippen LogP contribution in [-0.2, 0) is 16.6 Å². The zero-order valence-corrected chi connectivity index (χ0v) is 19.1. The Bertz CT molecular complexity index is 1210. The molecule has 172 valence electrons. The van der Waals surface area contributed by atoms with Gasteiger partial charge in [-0.05, 0) is 55.3 Å². The fourth-order valence-corrected chi connectivity index (χ4v) is 6.09. The molecule has 7 nitrogen and oxygen atoms in total. The van der Waals surface area contributed by atoms with Crippen molar-refractivity contribution in [3.63, 3.8) is 0 Å². The van der Waals surface area contributed by atoms with Crippen molar-refractivity contribution >= 4 is 21.6 Å². The van der Waals surface area contributed by atoms with E-state index in [9.17, 15) is 13.2 Å². The first-order valence-electron chi connectivity index (χ1n) is 11.3. The van der Waals surface area contributed by atoms with Crippen LogP contribution in [0.15, 0.2) is 76.2 Å². The SMILES string of the molecule is O=C1c2ccccc2[C@H](Nc2ccc(S(=O)(=O)N3CCCCCC3)cc2)N1Cc1ccco1. The Balaban J connectivity index is 1.38. The number of fused-ring (bicyclic) bond motifs is 1. The summed E-state index contributed by atoms with van der Waals surface area (Å²) in [5.41, 5.74) is 2.28. The standard InChI is InChI=1S/C25H27N3O4S/c29-25-23-10-4-3-9-22(23)24(28(25)18-20-8-7-17-32-20)26-19-11-13-21(14-12-19)33(30,31)27-15-5-1-2-6-16-27/h3-4,7-14,17,24,26H,1-2,5-6,15-16,18H2/t24-/m1/s1. The molecule has 2 aromatic carbocycles. The molecule has 1 amide bonds. The summed E-state index contributed by atoms with van der Waals surface area (Å²) in [7, 11) is -3.50. The Kier molecular flexibility index (Phi) is 5.95. The minimum Gasteiger partial charge on any atom is -0.467 e. The summed E-state index contributed by atoms with van der Waals surface area (Å²) < 4.78 is 33.2. The van der Waals surface area contributed by atoms with Crippen molar-refractivity contribution in [2.45, 2.75) is 43.3 Å². The van der Waals surface area contributed by atoms with Crippen molar-refractivity contribution in [2.24, 2.45) is 0 Å². The first-order chi connectivity index (χ1) is 16.0. The van der Waals surface area contributed by atoms with Gasteiger partial charge in [-0.15, -0.1) is 0 Å². The van der Waals surface area contributed by atoms with Crippen molar-refractivity contribution < 1.29 is 17.6 Å². The number of amides is 1. The maximum atomic E-state index is 13.1. The summed E-state index contributed by atoms with van der Waals surface area (Å²) in [5, 5.41) is 3.41. The molecule has 0 bridgehead atoms. The summed E-state index contributed by atoms with van der Waals surface area (Å²) >= 11 is 0. The van der Waals surface area contributed by atoms with Crippen LogP contribution in [0.4, 0.5) is 5.69 Å². The molecule has 1 aromatic heterocycles. The van der Waals surface area contributed by atoms with E-state index in [-0.39, 0.29) is 12.1 Å². The van der Waals surface area contributed by atoms with Crippen LogP contribution in [0.3, 0.4) is 0 Å². The molecule has 1 fully saturated rings. The second-order valence-electron chi connectivity index (χ2n) is 8.49. The van der Waals surface area contributed by atoms with Crippen LogP contribution < -0.4 is 5.32 Å². The summed E-state index contributed by atoms with van der Waals surface area (Å²) in [4.78, 5) is 15.1. The Morgan fingerprint density at radius 1 is 0.909 bits per heavy atom. The number of hydrogen-bond donors (Lipinski definition) is 1. The highest BCUT2D eigenvalue weighted by atomic mass is 32.2. The van der Waals surface area contributed by atoms with E-state index in [1.54, 1.807) is 45.8 Å². The maximum absolute atomic E-state index is 13.1. The van der Waals surface area contributed by atoms with E-state index in [2.05, 4.69) is 5.32 Å². The summed E-state index contributed by atoms with van der Waals surface area (Å²) in [5.74, 6) is 0.627. The van der Waals surface area contributed by atoms with Crippen molar-refractivity contribution in [1.82, 2.24) is 9.21 Å². The molecular formula is C25H27N3O4S. The molecule has 3 heterocycles. The zero-order chi connectivity index (χ0) is 22.8. The highest BCUT2D eigenvalue weighted by molar-refractivity contribution is 7.89. The van der Waals surface area contributed by atoms with Crippen LogP contribution in [0.1, 0.15) is 53.5 Å². The van der Waals surface area contributed by atoms with Gasteiger partial charge in [0.15, 0.2) is 0 Å². The number of anilines is 1. The summed E-state index contributed by atoms with van der Waals surface area (Å²) in [6.45, 7) is 1.48. The number of nitrogens with zero attached hydrogens (tertiary/aromatic N) is 2. The van der Waals surface area contributed by atoms with E-state index < -0.39 is 10.0 Å². The number of furan rings is 1. The summed E-state index contributed by atoms with van der Waals surface area (Å²) in [6, 6.07) is 18.0. The van der Waals surface area contributed by atoms with Gasteiger partial charge in [0, 0.05) is 29.9 Å². The number of rotatable bonds is 6. The highest BCUT2D eigenvalue weighted by Gasteiger charge is 2.37. The minimum atomic E-state index is -3.50. The van der Waals surface area contributed by atoms with Crippen LogP contribution >= 0.6 is 0 Å². The highest BCUT2D eigenvalue weighted by Crippen LogP contribution is 2.36. The van der Waals surface area contributed by atoms with Crippen LogP contribution in [0.25, 0.3) is 0 Å². The van der Waals surface area contributed by atoms with E-state index in [0.717, 1.165) is 36.9 Å². The fraction of sp³-hybridized carbons (Fsp3) is 0.320. The van der Waals surface area contributed by atoms with E-state index >= 15 is 0 Å². The lowest BCUT2D eigenvalue weighted by atomic mass is 10.1. The van der Waals surface area contributed by atoms with Gasteiger partial charge in [0.25, 0.3) is 5.91 Å². The lowest BCUT2D eigenvalue weighted by Crippen LogP contribution is -2.32. The smallest absolute Gasteiger partial charge is 0.256 e. The molecule has 1 N–H and O–H groups in total. The van der Waals surface area contributed by atoms with Gasteiger partial charge in [-0.1, -0.05) is 31.0 Å². The van der Waals surface area contributed by atoms with E-state index in [1.807, 2.05) is 30.3 Å². The second-order valence-corrected chi connectivity index (χ2v) is 10.4. The normalized spacial score (nSPS) is 19.3. The third kappa shape index (κ3) is 4.28. The molecule has 8 heteroatoms. The van der Waals surface area contributed by atoms with Crippen LogP contribution in [0.2, 0.25) is 0 Å². The number of hydrogen-bond acceptors (Lipinski definition) is 5. The van der Waals surface area contributed by atoms with Crippen LogP contribution in [0, 0.1) is 0 Å². The van der Waals surface area contributed by atoms with Crippen molar-refractivity contribution in [2.75, 3.05) is 18.4 Å². The second kappa shape index (κ2) is 9.03. The molecule has 0 saturated carbocycles. The largest absolute Gasteiger partial charge is 0.467 e. The molecule has 1 saturated heterocycles. The molecule has 5 rings (SSSR count). The van der Waals surface area contributed by atoms with Gasteiger partial charge < -0.3 is 14.6 Å². The molecule has 2 aliphatic heterocycles. The zero-order valence-electron chi connectivity index (χ0n) is 18.3. The van der Waals surface area contributed by atoms with Crippen molar-refractivity contribution in [1.29, 1.82) is 0 Å². The van der Waals surface area contributed by atoms with Crippen molar-refractivity contribution in [3.05, 3.63) is 83.8 Å². The van der Waals surface area contributed by atoms with Gasteiger partial charge in [-0.3, -0.25) is 4.79 Å². The predicted octanol–water partition coefficient (Wildman–Crippen LogP) is 4.61. The van der Waals surface area contributed by atoms with E-state index in [0.29, 0.717) is 35.9 Å². The van der Waals surface area contributed by atoms with Gasteiger partial charge in [0.05, 0.1) is 17.7 Å². The Labute approximate surface area is 194 Å². The lowest BCUT2D eigenvalue weighted by Gasteiger charge is -2.26. The number of sulfonamides is 1. The molecule has 0 unspecified atom stereocenters. The molecule has 0 aliphatic carbocycles. The third-order valence-corrected chi connectivity index (χ3v) is 8.24. The number of nitrogens with one attached hydrogen (secondary N) is 1. The molecule has 33 heavy (non-hydrogen) atoms. The Hall–Kier alpha value is -3.10. The van der Waals surface area contributed by atoms with Crippen LogP contribution in [0.5, 0.6) is 0 Å². The molecule has 0 radical (unpaired) electrons. The van der Waals surface area contributed by atoms with Crippen molar-refractivity contribution in [3.8, 4) is 0 Å². The van der Waals surface area contributed by atoms with Gasteiger partial charge in [0.2, 0.25) is 10.0 Å². The Morgan fingerprint density at radius 3 is 2.33 bits per heavy atom. The molecule has 1 atom stereocenters. The number of benzene rings is 2. The first-order valence-corrected chi connectivity index (χ1v) is 12.8. The summed E-state index contributed by atoms with van der Waals surface area (Å²) in [6.07, 6.45) is 5.16. The predicted molar refractivity (Wildman–Crippen MR) is 125 cm³/mol. The average molecular weight is 466 g/mol. The van der Waals surface area contributed by atoms with Gasteiger partial charge in [0.1, 0.15) is 11.9 Å². The minimum absolute atomic E-state index is 0.0696. The van der Waals surface area contributed by atoms with Crippen LogP contribution in [-0.4, -0.2) is 36.6 Å². The fourth-order valence-electron chi connectivity index (χ4n) is 4.57. The monoisotopic (exact) mass is 465 g/mol. The van der Waals surface area contributed by atoms with E-state index in [4.69, 9.17) is 4.42 Å². The topological polar surface area (TPSA) is 82.9 Å². The lowest BCUT2D eigenvalue weighted by molar-refractivity contribution is 0.0715. The van der Waals surface area contributed by atoms with Gasteiger partial charge in [-0.2, -0.15) is 4.31 Å². The quantitative estimate of drug-likeness (QED) is 0.575. The maximum Gasteiger partial charge on any atom is 0.256 e. The van der Waals surface area contributed by atoms with Gasteiger partial charge in [-0.25, -0.2) is 8.42 Å².